The maximum atomic E-state index is 13.0. The first-order valence-electron chi connectivity index (χ1n) is 11.7. The predicted molar refractivity (Wildman–Crippen MR) is 143 cm³/mol. The largest absolute Gasteiger partial charge is 0.573 e. The van der Waals surface area contributed by atoms with Gasteiger partial charge in [-0.05, 0) is 89.9 Å². The Bertz CT molecular complexity index is 1530. The number of carbonyl (C=O) groups excluding carboxylic acids is 2. The van der Waals surface area contributed by atoms with Crippen LogP contribution < -0.4 is 20.9 Å². The molecule has 4 aromatic carbocycles. The third-order valence-electron chi connectivity index (χ3n) is 5.81. The number of anilines is 2. The minimum absolute atomic E-state index is 0.0539. The highest BCUT2D eigenvalue weighted by Gasteiger charge is 2.31. The quantitative estimate of drug-likeness (QED) is 0.0888. The number of allylic oxidation sites excluding steroid dienone is 1. The Labute approximate surface area is 222 Å². The number of benzene rings is 4. The highest BCUT2D eigenvalue weighted by atomic mass is 19.4. The van der Waals surface area contributed by atoms with Crippen molar-refractivity contribution >= 4 is 29.2 Å². The van der Waals surface area contributed by atoms with Gasteiger partial charge in [0.1, 0.15) is 11.5 Å². The number of hydrogen-bond acceptors (Lipinski definition) is 6. The second-order valence-corrected chi connectivity index (χ2v) is 8.55. The lowest BCUT2D eigenvalue weighted by molar-refractivity contribution is -0.274. The molecule has 198 valence electrons. The van der Waals surface area contributed by atoms with Gasteiger partial charge in [0.15, 0.2) is 5.78 Å². The Morgan fingerprint density at radius 2 is 1.41 bits per heavy atom. The zero-order valence-electron chi connectivity index (χ0n) is 20.7. The third-order valence-corrected chi connectivity index (χ3v) is 5.81. The summed E-state index contributed by atoms with van der Waals surface area (Å²) in [6, 6.07) is 21.6. The molecule has 0 unspecified atom stereocenters. The molecule has 0 saturated heterocycles. The van der Waals surface area contributed by atoms with Crippen LogP contribution in [0.4, 0.5) is 24.5 Å². The van der Waals surface area contributed by atoms with Gasteiger partial charge in [0.2, 0.25) is 0 Å². The van der Waals surface area contributed by atoms with Crippen molar-refractivity contribution in [3.63, 3.8) is 0 Å². The fourth-order valence-electron chi connectivity index (χ4n) is 3.90. The Morgan fingerprint density at radius 1 is 0.795 bits per heavy atom. The molecule has 0 spiro atoms. The molecule has 0 atom stereocenters. The number of nitrogens with two attached hydrogens (primary N) is 2. The molecule has 6 nitrogen and oxygen atoms in total. The van der Waals surface area contributed by atoms with E-state index in [2.05, 4.69) is 4.74 Å². The summed E-state index contributed by atoms with van der Waals surface area (Å²) in [5.41, 5.74) is 16.7. The average Bonchev–Trinajstić information content (AvgIpc) is 2.89. The molecule has 0 aliphatic carbocycles. The van der Waals surface area contributed by atoms with E-state index in [1.165, 1.54) is 30.3 Å². The Kier molecular flexibility index (Phi) is 7.71. The zero-order valence-corrected chi connectivity index (χ0v) is 20.7. The van der Waals surface area contributed by atoms with Crippen LogP contribution in [0.5, 0.6) is 11.5 Å². The van der Waals surface area contributed by atoms with Gasteiger partial charge in [-0.25, -0.2) is 4.79 Å². The van der Waals surface area contributed by atoms with Gasteiger partial charge in [0.05, 0.1) is 5.56 Å². The molecule has 9 heteroatoms. The molecule has 0 fully saturated rings. The molecular weight excluding hydrogens is 509 g/mol. The minimum atomic E-state index is -4.81. The van der Waals surface area contributed by atoms with Crippen LogP contribution in [-0.2, 0) is 0 Å². The third kappa shape index (κ3) is 6.84. The van der Waals surface area contributed by atoms with Gasteiger partial charge in [-0.1, -0.05) is 36.4 Å². The van der Waals surface area contributed by atoms with E-state index in [0.29, 0.717) is 22.5 Å². The number of rotatable bonds is 7. The van der Waals surface area contributed by atoms with Crippen LogP contribution in [0.1, 0.15) is 31.8 Å². The summed E-state index contributed by atoms with van der Waals surface area (Å²) >= 11 is 0. The topological polar surface area (TPSA) is 105 Å². The summed E-state index contributed by atoms with van der Waals surface area (Å²) in [4.78, 5) is 25.5. The van der Waals surface area contributed by atoms with Gasteiger partial charge in [-0.3, -0.25) is 4.79 Å². The summed E-state index contributed by atoms with van der Waals surface area (Å²) in [6.45, 7) is 1.83. The molecule has 0 heterocycles. The van der Waals surface area contributed by atoms with E-state index >= 15 is 0 Å². The van der Waals surface area contributed by atoms with Crippen molar-refractivity contribution in [2.24, 2.45) is 0 Å². The van der Waals surface area contributed by atoms with E-state index in [0.717, 1.165) is 28.8 Å². The van der Waals surface area contributed by atoms with E-state index in [9.17, 15) is 22.8 Å². The molecule has 0 radical (unpaired) electrons. The van der Waals surface area contributed by atoms with Crippen LogP contribution in [0.15, 0.2) is 91.0 Å². The van der Waals surface area contributed by atoms with Gasteiger partial charge in [0.25, 0.3) is 0 Å². The van der Waals surface area contributed by atoms with Crippen LogP contribution in [0, 0.1) is 6.92 Å². The number of carbonyl (C=O) groups is 2. The molecule has 4 N–H and O–H groups in total. The predicted octanol–water partition coefficient (Wildman–Crippen LogP) is 6.84. The lowest BCUT2D eigenvalue weighted by Crippen LogP contribution is -2.17. The Morgan fingerprint density at radius 3 is 2.03 bits per heavy atom. The summed E-state index contributed by atoms with van der Waals surface area (Å²) in [5, 5.41) is 0. The summed E-state index contributed by atoms with van der Waals surface area (Å²) in [5.74, 6) is -1.35. The molecule has 4 aromatic rings. The van der Waals surface area contributed by atoms with Gasteiger partial charge >= 0.3 is 12.3 Å². The second kappa shape index (κ2) is 11.1. The van der Waals surface area contributed by atoms with Gasteiger partial charge in [-0.15, -0.1) is 13.2 Å². The van der Waals surface area contributed by atoms with E-state index in [-0.39, 0.29) is 17.1 Å². The number of hydrogen-bond donors (Lipinski definition) is 2. The molecule has 39 heavy (non-hydrogen) atoms. The number of alkyl halides is 3. The Hall–Kier alpha value is -5.05. The molecule has 0 bridgehead atoms. The van der Waals surface area contributed by atoms with Gasteiger partial charge in [-0.2, -0.15) is 0 Å². The average molecular weight is 533 g/mol. The number of esters is 1. The van der Waals surface area contributed by atoms with E-state index in [1.54, 1.807) is 36.4 Å². The highest BCUT2D eigenvalue weighted by molar-refractivity contribution is 6.12. The number of ether oxygens (including phenoxy) is 2. The van der Waals surface area contributed by atoms with Crippen molar-refractivity contribution in [2.75, 3.05) is 11.5 Å². The van der Waals surface area contributed by atoms with Gasteiger partial charge in [0, 0.05) is 16.9 Å². The van der Waals surface area contributed by atoms with Crippen LogP contribution in [0.25, 0.3) is 17.2 Å². The van der Waals surface area contributed by atoms with Crippen LogP contribution in [0.3, 0.4) is 0 Å². The lowest BCUT2D eigenvalue weighted by atomic mass is 9.93. The van der Waals surface area contributed by atoms with Crippen molar-refractivity contribution in [1.82, 2.24) is 0 Å². The van der Waals surface area contributed by atoms with E-state index < -0.39 is 18.1 Å². The molecule has 4 rings (SSSR count). The fourth-order valence-corrected chi connectivity index (χ4v) is 3.90. The van der Waals surface area contributed by atoms with E-state index in [1.807, 2.05) is 25.1 Å². The molecule has 0 aliphatic heterocycles. The molecule has 0 amide bonds. The summed E-state index contributed by atoms with van der Waals surface area (Å²) in [7, 11) is 0. The SMILES string of the molecule is Cc1c(-c2ccc(N)cc2)ccc(N)c1C(=O)/C=C/c1ccc(C(=O)Oc2ccc(OC(F)(F)F)cc2)cc1. The normalized spacial score (nSPS) is 11.4. The van der Waals surface area contributed by atoms with Crippen LogP contribution in [0.2, 0.25) is 0 Å². The smallest absolute Gasteiger partial charge is 0.423 e. The fraction of sp³-hybridized carbons (Fsp3) is 0.0667. The van der Waals surface area contributed by atoms with Crippen molar-refractivity contribution in [3.8, 4) is 22.6 Å². The molecule has 0 aliphatic rings. The number of ketones is 1. The highest BCUT2D eigenvalue weighted by Crippen LogP contribution is 2.30. The van der Waals surface area contributed by atoms with Crippen molar-refractivity contribution in [2.45, 2.75) is 13.3 Å². The molecule has 0 saturated carbocycles. The minimum Gasteiger partial charge on any atom is -0.423 e. The van der Waals surface area contributed by atoms with Crippen molar-refractivity contribution in [1.29, 1.82) is 0 Å². The molecule has 0 aromatic heterocycles. The second-order valence-electron chi connectivity index (χ2n) is 8.55. The van der Waals surface area contributed by atoms with Gasteiger partial charge < -0.3 is 20.9 Å². The number of nitrogen functional groups attached to an aromatic ring is 2. The standard InChI is InChI=1S/C30H23F3N2O4/c1-18-25(20-7-9-22(34)10-8-20)15-16-26(35)28(18)27(36)17-4-19-2-5-21(6-3-19)29(37)38-23-11-13-24(14-12-23)39-30(31,32)33/h2-17H,34-35H2,1H3/b17-4+. The summed E-state index contributed by atoms with van der Waals surface area (Å²) in [6.07, 6.45) is -1.80. The maximum absolute atomic E-state index is 13.0. The zero-order chi connectivity index (χ0) is 28.2. The van der Waals surface area contributed by atoms with E-state index in [4.69, 9.17) is 16.2 Å². The monoisotopic (exact) mass is 532 g/mol. The first-order valence-corrected chi connectivity index (χ1v) is 11.7. The van der Waals surface area contributed by atoms with Crippen LogP contribution >= 0.6 is 0 Å². The van der Waals surface area contributed by atoms with Crippen LogP contribution in [-0.4, -0.2) is 18.1 Å². The Balaban J connectivity index is 1.44. The lowest BCUT2D eigenvalue weighted by Gasteiger charge is -2.13. The summed E-state index contributed by atoms with van der Waals surface area (Å²) < 4.78 is 45.8. The van der Waals surface area contributed by atoms with Crippen molar-refractivity contribution < 1.29 is 32.2 Å². The first-order chi connectivity index (χ1) is 18.5. The maximum Gasteiger partial charge on any atom is 0.573 e. The molecular formula is C30H23F3N2O4. The first kappa shape index (κ1) is 27.0. The number of halogens is 3. The van der Waals surface area contributed by atoms with Crippen molar-refractivity contribution in [3.05, 3.63) is 113 Å².